The zero-order valence-electron chi connectivity index (χ0n) is 14.3. The summed E-state index contributed by atoms with van der Waals surface area (Å²) in [4.78, 5) is 10.4. The van der Waals surface area contributed by atoms with Gasteiger partial charge in [0.15, 0.2) is 0 Å². The molecule has 7 nitrogen and oxygen atoms in total. The third-order valence-electron chi connectivity index (χ3n) is 3.33. The van der Waals surface area contributed by atoms with Crippen LogP contribution in [0.2, 0.25) is 0 Å². The number of hydrogen-bond acceptors (Lipinski definition) is 6. The Morgan fingerprint density at radius 3 is 2.62 bits per heavy atom. The van der Waals surface area contributed by atoms with Crippen molar-refractivity contribution in [1.29, 1.82) is 0 Å². The van der Waals surface area contributed by atoms with Crippen LogP contribution in [0.25, 0.3) is 0 Å². The van der Waals surface area contributed by atoms with Gasteiger partial charge in [-0.3, -0.25) is 0 Å². The molecular formula is C16H22N4O3S. The number of hydrogen-bond donors (Lipinski definition) is 1. The predicted molar refractivity (Wildman–Crippen MR) is 92.7 cm³/mol. The number of ether oxygens (including phenoxy) is 1. The van der Waals surface area contributed by atoms with Crippen molar-refractivity contribution in [2.24, 2.45) is 0 Å². The van der Waals surface area contributed by atoms with Gasteiger partial charge in [0.25, 0.3) is 0 Å². The van der Waals surface area contributed by atoms with Crippen LogP contribution >= 0.6 is 0 Å². The molecule has 1 N–H and O–H groups in total. The molecular weight excluding hydrogens is 328 g/mol. The van der Waals surface area contributed by atoms with Gasteiger partial charge in [0.1, 0.15) is 17.4 Å². The maximum absolute atomic E-state index is 12.4. The summed E-state index contributed by atoms with van der Waals surface area (Å²) in [5.74, 6) is 1.81. The first-order valence-corrected chi connectivity index (χ1v) is 9.04. The van der Waals surface area contributed by atoms with Crippen LogP contribution in [0.15, 0.2) is 35.4 Å². The molecule has 8 heteroatoms. The van der Waals surface area contributed by atoms with Gasteiger partial charge in [-0.1, -0.05) is 0 Å². The molecule has 0 fully saturated rings. The van der Waals surface area contributed by atoms with Crippen LogP contribution < -0.4 is 14.4 Å². The third kappa shape index (κ3) is 4.42. The van der Waals surface area contributed by atoms with E-state index >= 15 is 0 Å². The Morgan fingerprint density at radius 2 is 2.00 bits per heavy atom. The van der Waals surface area contributed by atoms with E-state index in [1.54, 1.807) is 24.4 Å². The summed E-state index contributed by atoms with van der Waals surface area (Å²) in [5, 5.41) is 0. The van der Waals surface area contributed by atoms with Gasteiger partial charge >= 0.3 is 0 Å². The third-order valence-corrected chi connectivity index (χ3v) is 4.72. The summed E-state index contributed by atoms with van der Waals surface area (Å²) < 4.78 is 32.8. The molecule has 0 amide bonds. The lowest BCUT2D eigenvalue weighted by Gasteiger charge is -2.12. The Hall–Kier alpha value is -2.19. The number of aryl methyl sites for hydroxylation is 1. The van der Waals surface area contributed by atoms with Gasteiger partial charge in [-0.25, -0.2) is 23.1 Å². The van der Waals surface area contributed by atoms with E-state index in [2.05, 4.69) is 14.7 Å². The molecule has 0 unspecified atom stereocenters. The molecule has 0 saturated heterocycles. The van der Waals surface area contributed by atoms with E-state index in [1.807, 2.05) is 32.8 Å². The van der Waals surface area contributed by atoms with E-state index in [0.717, 1.165) is 11.4 Å². The van der Waals surface area contributed by atoms with Crippen molar-refractivity contribution in [2.75, 3.05) is 25.6 Å². The van der Waals surface area contributed by atoms with E-state index in [-0.39, 0.29) is 11.4 Å². The maximum Gasteiger partial charge on any atom is 0.240 e. The molecule has 0 spiro atoms. The molecule has 0 aliphatic carbocycles. The highest BCUT2D eigenvalue weighted by Crippen LogP contribution is 2.21. The molecule has 2 rings (SSSR count). The Kier molecular flexibility index (Phi) is 5.74. The van der Waals surface area contributed by atoms with Gasteiger partial charge in [0, 0.05) is 20.3 Å². The van der Waals surface area contributed by atoms with Crippen LogP contribution in [0.3, 0.4) is 0 Å². The first kappa shape index (κ1) is 18.2. The van der Waals surface area contributed by atoms with Crippen molar-refractivity contribution in [3.63, 3.8) is 0 Å². The van der Waals surface area contributed by atoms with E-state index in [1.165, 1.54) is 6.07 Å². The largest absolute Gasteiger partial charge is 0.494 e. The number of nitrogens with one attached hydrogen (secondary N) is 1. The SMILES string of the molecule is CCOc1ccc(S(=O)(=O)NCc2nccc(N(C)C)n2)cc1C. The normalized spacial score (nSPS) is 11.3. The lowest BCUT2D eigenvalue weighted by atomic mass is 10.2. The highest BCUT2D eigenvalue weighted by molar-refractivity contribution is 7.89. The van der Waals surface area contributed by atoms with E-state index in [9.17, 15) is 8.42 Å². The van der Waals surface area contributed by atoms with E-state index < -0.39 is 10.0 Å². The second-order valence-corrected chi connectivity index (χ2v) is 7.18. The summed E-state index contributed by atoms with van der Waals surface area (Å²) >= 11 is 0. The first-order chi connectivity index (χ1) is 11.3. The molecule has 0 aliphatic heterocycles. The molecule has 0 atom stereocenters. The van der Waals surface area contributed by atoms with Crippen LogP contribution in [-0.2, 0) is 16.6 Å². The van der Waals surface area contributed by atoms with Gasteiger partial charge in [-0.15, -0.1) is 0 Å². The molecule has 0 saturated carbocycles. The fraction of sp³-hybridized carbons (Fsp3) is 0.375. The summed E-state index contributed by atoms with van der Waals surface area (Å²) in [5.41, 5.74) is 0.769. The van der Waals surface area contributed by atoms with Crippen LogP contribution in [0, 0.1) is 6.92 Å². The fourth-order valence-electron chi connectivity index (χ4n) is 2.07. The van der Waals surface area contributed by atoms with E-state index in [0.29, 0.717) is 18.2 Å². The van der Waals surface area contributed by atoms with Gasteiger partial charge in [-0.05, 0) is 43.7 Å². The van der Waals surface area contributed by atoms with Crippen LogP contribution in [-0.4, -0.2) is 39.1 Å². The second-order valence-electron chi connectivity index (χ2n) is 5.41. The van der Waals surface area contributed by atoms with Crippen molar-refractivity contribution >= 4 is 15.8 Å². The summed E-state index contributed by atoms with van der Waals surface area (Å²) in [6.45, 7) is 4.25. The highest BCUT2D eigenvalue weighted by Gasteiger charge is 2.16. The molecule has 1 aromatic carbocycles. The lowest BCUT2D eigenvalue weighted by molar-refractivity contribution is 0.337. The smallest absolute Gasteiger partial charge is 0.240 e. The quantitative estimate of drug-likeness (QED) is 0.819. The Bertz CT molecular complexity index is 807. The van der Waals surface area contributed by atoms with Crippen LogP contribution in [0.5, 0.6) is 5.75 Å². The molecule has 24 heavy (non-hydrogen) atoms. The highest BCUT2D eigenvalue weighted by atomic mass is 32.2. The molecule has 130 valence electrons. The topological polar surface area (TPSA) is 84.4 Å². The zero-order valence-corrected chi connectivity index (χ0v) is 15.1. The van der Waals surface area contributed by atoms with Crippen molar-refractivity contribution in [3.05, 3.63) is 41.9 Å². The average molecular weight is 350 g/mol. The van der Waals surface area contributed by atoms with Gasteiger partial charge in [0.05, 0.1) is 18.0 Å². The summed E-state index contributed by atoms with van der Waals surface area (Å²) in [7, 11) is 0.0753. The minimum atomic E-state index is -3.64. The Labute approximate surface area is 142 Å². The maximum atomic E-state index is 12.4. The molecule has 0 aliphatic rings. The van der Waals surface area contributed by atoms with Crippen LogP contribution in [0.1, 0.15) is 18.3 Å². The molecule has 1 heterocycles. The van der Waals surface area contributed by atoms with Crippen molar-refractivity contribution in [2.45, 2.75) is 25.3 Å². The van der Waals surface area contributed by atoms with Crippen LogP contribution in [0.4, 0.5) is 5.82 Å². The van der Waals surface area contributed by atoms with E-state index in [4.69, 9.17) is 4.74 Å². The lowest BCUT2D eigenvalue weighted by Crippen LogP contribution is -2.25. The Balaban J connectivity index is 2.14. The number of benzene rings is 1. The molecule has 1 aromatic heterocycles. The monoisotopic (exact) mass is 350 g/mol. The first-order valence-electron chi connectivity index (χ1n) is 7.56. The standard InChI is InChI=1S/C16H22N4O3S/c1-5-23-14-7-6-13(10-12(14)2)24(21,22)18-11-15-17-9-8-16(19-15)20(3)4/h6-10,18H,5,11H2,1-4H3. The number of sulfonamides is 1. The number of anilines is 1. The zero-order chi connectivity index (χ0) is 17.7. The van der Waals surface area contributed by atoms with Crippen molar-refractivity contribution in [3.8, 4) is 5.75 Å². The Morgan fingerprint density at radius 1 is 1.25 bits per heavy atom. The predicted octanol–water partition coefficient (Wildman–Crippen LogP) is 1.73. The second kappa shape index (κ2) is 7.59. The summed E-state index contributed by atoms with van der Waals surface area (Å²) in [6.07, 6.45) is 1.60. The van der Waals surface area contributed by atoms with Gasteiger partial charge in [-0.2, -0.15) is 0 Å². The minimum absolute atomic E-state index is 0.0241. The number of aromatic nitrogens is 2. The number of rotatable bonds is 7. The summed E-state index contributed by atoms with van der Waals surface area (Å²) in [6, 6.07) is 6.53. The number of nitrogens with zero attached hydrogens (tertiary/aromatic N) is 3. The molecule has 0 bridgehead atoms. The molecule has 0 radical (unpaired) electrons. The van der Waals surface area contributed by atoms with Crippen molar-refractivity contribution in [1.82, 2.24) is 14.7 Å². The average Bonchev–Trinajstić information content (AvgIpc) is 2.55. The van der Waals surface area contributed by atoms with Gasteiger partial charge < -0.3 is 9.64 Å². The molecule has 2 aromatic rings. The van der Waals surface area contributed by atoms with Crippen molar-refractivity contribution < 1.29 is 13.2 Å². The fourth-order valence-corrected chi connectivity index (χ4v) is 3.14. The van der Waals surface area contributed by atoms with Gasteiger partial charge in [0.2, 0.25) is 10.0 Å². The minimum Gasteiger partial charge on any atom is -0.494 e.